The maximum atomic E-state index is 13.2. The SMILES string of the molecule is CCC(NC)c1ccc(-c2cc3cc(F)ccc3o2)cc1. The van der Waals surface area contributed by atoms with Crippen molar-refractivity contribution >= 4 is 11.0 Å². The van der Waals surface area contributed by atoms with E-state index >= 15 is 0 Å². The molecule has 1 atom stereocenters. The molecule has 1 N–H and O–H groups in total. The Morgan fingerprint density at radius 3 is 2.52 bits per heavy atom. The number of halogens is 1. The zero-order valence-electron chi connectivity index (χ0n) is 12.2. The lowest BCUT2D eigenvalue weighted by molar-refractivity contribution is 0.577. The van der Waals surface area contributed by atoms with Crippen LogP contribution in [-0.2, 0) is 0 Å². The van der Waals surface area contributed by atoms with Crippen LogP contribution in [0.3, 0.4) is 0 Å². The zero-order chi connectivity index (χ0) is 14.8. The van der Waals surface area contributed by atoms with Crippen LogP contribution >= 0.6 is 0 Å². The van der Waals surface area contributed by atoms with Crippen LogP contribution in [0.4, 0.5) is 4.39 Å². The summed E-state index contributed by atoms with van der Waals surface area (Å²) >= 11 is 0. The van der Waals surface area contributed by atoms with Crippen molar-refractivity contribution in [3.05, 3.63) is 59.9 Å². The summed E-state index contributed by atoms with van der Waals surface area (Å²) in [4.78, 5) is 0. The van der Waals surface area contributed by atoms with E-state index in [2.05, 4.69) is 24.4 Å². The molecule has 2 aromatic carbocycles. The minimum Gasteiger partial charge on any atom is -0.456 e. The molecule has 0 saturated carbocycles. The first-order valence-electron chi connectivity index (χ1n) is 7.18. The Bertz CT molecular complexity index is 742. The molecule has 3 aromatic rings. The maximum absolute atomic E-state index is 13.2. The van der Waals surface area contributed by atoms with Crippen LogP contribution in [0.5, 0.6) is 0 Å². The molecule has 1 heterocycles. The number of fused-ring (bicyclic) bond motifs is 1. The van der Waals surface area contributed by atoms with Gasteiger partial charge in [-0.1, -0.05) is 31.2 Å². The summed E-state index contributed by atoms with van der Waals surface area (Å²) in [6, 6.07) is 15.1. The third-order valence-electron chi connectivity index (χ3n) is 3.83. The van der Waals surface area contributed by atoms with Crippen molar-refractivity contribution in [1.82, 2.24) is 5.32 Å². The predicted octanol–water partition coefficient (Wildman–Crippen LogP) is 4.91. The van der Waals surface area contributed by atoms with E-state index in [1.54, 1.807) is 6.07 Å². The normalized spacial score (nSPS) is 12.7. The van der Waals surface area contributed by atoms with Crippen molar-refractivity contribution in [2.45, 2.75) is 19.4 Å². The molecule has 108 valence electrons. The van der Waals surface area contributed by atoms with Crippen molar-refractivity contribution in [2.24, 2.45) is 0 Å². The summed E-state index contributed by atoms with van der Waals surface area (Å²) in [5.74, 6) is 0.518. The third-order valence-corrected chi connectivity index (χ3v) is 3.83. The van der Waals surface area contributed by atoms with Crippen LogP contribution in [0.25, 0.3) is 22.3 Å². The molecule has 0 fully saturated rings. The minimum atomic E-state index is -0.245. The fourth-order valence-corrected chi connectivity index (χ4v) is 2.64. The minimum absolute atomic E-state index is 0.245. The quantitative estimate of drug-likeness (QED) is 0.736. The van der Waals surface area contributed by atoms with Gasteiger partial charge in [0, 0.05) is 17.0 Å². The molecule has 21 heavy (non-hydrogen) atoms. The van der Waals surface area contributed by atoms with E-state index in [0.717, 1.165) is 23.1 Å². The molecule has 0 saturated heterocycles. The molecular weight excluding hydrogens is 265 g/mol. The van der Waals surface area contributed by atoms with Crippen LogP contribution in [0.2, 0.25) is 0 Å². The zero-order valence-corrected chi connectivity index (χ0v) is 12.2. The van der Waals surface area contributed by atoms with Gasteiger partial charge in [-0.15, -0.1) is 0 Å². The van der Waals surface area contributed by atoms with E-state index in [-0.39, 0.29) is 5.82 Å². The van der Waals surface area contributed by atoms with E-state index < -0.39 is 0 Å². The Labute approximate surface area is 123 Å². The van der Waals surface area contributed by atoms with Crippen molar-refractivity contribution in [2.75, 3.05) is 7.05 Å². The maximum Gasteiger partial charge on any atom is 0.135 e. The Morgan fingerprint density at radius 1 is 1.10 bits per heavy atom. The van der Waals surface area contributed by atoms with Crippen molar-refractivity contribution in [3.63, 3.8) is 0 Å². The molecular formula is C18H18FNO. The van der Waals surface area contributed by atoms with E-state index in [4.69, 9.17) is 4.42 Å². The molecule has 0 aliphatic carbocycles. The number of furan rings is 1. The Kier molecular flexibility index (Phi) is 3.76. The first-order valence-corrected chi connectivity index (χ1v) is 7.18. The van der Waals surface area contributed by atoms with Gasteiger partial charge in [-0.3, -0.25) is 0 Å². The number of nitrogens with one attached hydrogen (secondary N) is 1. The summed E-state index contributed by atoms with van der Waals surface area (Å²) in [5.41, 5.74) is 2.96. The number of hydrogen-bond donors (Lipinski definition) is 1. The van der Waals surface area contributed by atoms with Gasteiger partial charge in [0.15, 0.2) is 0 Å². The smallest absolute Gasteiger partial charge is 0.135 e. The molecule has 3 heteroatoms. The molecule has 0 bridgehead atoms. The second-order valence-electron chi connectivity index (χ2n) is 5.16. The predicted molar refractivity (Wildman–Crippen MR) is 83.7 cm³/mol. The average molecular weight is 283 g/mol. The lowest BCUT2D eigenvalue weighted by Gasteiger charge is -2.14. The Balaban J connectivity index is 1.95. The summed E-state index contributed by atoms with van der Waals surface area (Å²) in [7, 11) is 1.97. The molecule has 3 rings (SSSR count). The van der Waals surface area contributed by atoms with Gasteiger partial charge in [0.05, 0.1) is 0 Å². The lowest BCUT2D eigenvalue weighted by atomic mass is 10.0. The van der Waals surface area contributed by atoms with Crippen molar-refractivity contribution < 1.29 is 8.81 Å². The summed E-state index contributed by atoms with van der Waals surface area (Å²) in [6.07, 6.45) is 1.04. The number of rotatable bonds is 4. The van der Waals surface area contributed by atoms with Gasteiger partial charge in [0.1, 0.15) is 17.2 Å². The molecule has 0 aliphatic heterocycles. The monoisotopic (exact) mass is 283 g/mol. The van der Waals surface area contributed by atoms with Crippen LogP contribution in [0.1, 0.15) is 24.9 Å². The Morgan fingerprint density at radius 2 is 1.86 bits per heavy atom. The van der Waals surface area contributed by atoms with Crippen LogP contribution in [0.15, 0.2) is 52.9 Å². The van der Waals surface area contributed by atoms with E-state index in [1.165, 1.54) is 17.7 Å². The van der Waals surface area contributed by atoms with Gasteiger partial charge in [0.25, 0.3) is 0 Å². The molecule has 1 aromatic heterocycles. The topological polar surface area (TPSA) is 25.2 Å². The van der Waals surface area contributed by atoms with Crippen LogP contribution < -0.4 is 5.32 Å². The van der Waals surface area contributed by atoms with Gasteiger partial charge in [-0.25, -0.2) is 4.39 Å². The fourth-order valence-electron chi connectivity index (χ4n) is 2.64. The fraction of sp³-hybridized carbons (Fsp3) is 0.222. The summed E-state index contributed by atoms with van der Waals surface area (Å²) < 4.78 is 19.0. The molecule has 1 unspecified atom stereocenters. The van der Waals surface area contributed by atoms with E-state index in [0.29, 0.717) is 11.6 Å². The van der Waals surface area contributed by atoms with Gasteiger partial charge in [-0.2, -0.15) is 0 Å². The van der Waals surface area contributed by atoms with Crippen LogP contribution in [0, 0.1) is 5.82 Å². The van der Waals surface area contributed by atoms with Crippen molar-refractivity contribution in [1.29, 1.82) is 0 Å². The first-order chi connectivity index (χ1) is 10.2. The molecule has 2 nitrogen and oxygen atoms in total. The highest BCUT2D eigenvalue weighted by Crippen LogP contribution is 2.29. The van der Waals surface area contributed by atoms with Gasteiger partial charge in [0.2, 0.25) is 0 Å². The van der Waals surface area contributed by atoms with Gasteiger partial charge < -0.3 is 9.73 Å². The molecule has 0 amide bonds. The Hall–Kier alpha value is -2.13. The molecule has 0 radical (unpaired) electrons. The van der Waals surface area contributed by atoms with Crippen molar-refractivity contribution in [3.8, 4) is 11.3 Å². The summed E-state index contributed by atoms with van der Waals surface area (Å²) in [6.45, 7) is 2.16. The second kappa shape index (κ2) is 5.70. The third kappa shape index (κ3) is 2.69. The second-order valence-corrected chi connectivity index (χ2v) is 5.16. The molecule has 0 aliphatic rings. The van der Waals surface area contributed by atoms with Gasteiger partial charge in [-0.05, 0) is 43.3 Å². The van der Waals surface area contributed by atoms with E-state index in [9.17, 15) is 4.39 Å². The van der Waals surface area contributed by atoms with Crippen LogP contribution in [-0.4, -0.2) is 7.05 Å². The first kappa shape index (κ1) is 13.8. The average Bonchev–Trinajstić information content (AvgIpc) is 2.92. The summed E-state index contributed by atoms with van der Waals surface area (Å²) in [5, 5.41) is 4.08. The highest BCUT2D eigenvalue weighted by Gasteiger charge is 2.09. The molecule has 0 spiro atoms. The van der Waals surface area contributed by atoms with E-state index in [1.807, 2.05) is 25.2 Å². The largest absolute Gasteiger partial charge is 0.456 e. The van der Waals surface area contributed by atoms with Gasteiger partial charge >= 0.3 is 0 Å². The highest BCUT2D eigenvalue weighted by molar-refractivity contribution is 5.82. The highest BCUT2D eigenvalue weighted by atomic mass is 19.1. The number of hydrogen-bond acceptors (Lipinski definition) is 2. The number of benzene rings is 2. The standard InChI is InChI=1S/C18H18FNO/c1-3-16(20-2)12-4-6-13(7-5-12)18-11-14-10-15(19)8-9-17(14)21-18/h4-11,16,20H,3H2,1-2H3. The lowest BCUT2D eigenvalue weighted by Crippen LogP contribution is -2.14.